The van der Waals surface area contributed by atoms with Crippen LogP contribution < -0.4 is 5.32 Å². The number of para-hydroxylation sites is 1. The summed E-state index contributed by atoms with van der Waals surface area (Å²) in [6, 6.07) is 10.9. The molecule has 0 atom stereocenters. The van der Waals surface area contributed by atoms with Gasteiger partial charge in [-0.2, -0.15) is 0 Å². The lowest BCUT2D eigenvalue weighted by Crippen LogP contribution is -2.22. The largest absolute Gasteiger partial charge is 0.462 e. The predicted molar refractivity (Wildman–Crippen MR) is 76.4 cm³/mol. The molecule has 2 N–H and O–H groups in total. The third kappa shape index (κ3) is 3.19. The third-order valence-corrected chi connectivity index (χ3v) is 2.89. The molecule has 1 amide bonds. The highest BCUT2D eigenvalue weighted by molar-refractivity contribution is 5.99. The zero-order valence-corrected chi connectivity index (χ0v) is 11.6. The van der Waals surface area contributed by atoms with Gasteiger partial charge in [0, 0.05) is 19.8 Å². The molecule has 1 aromatic heterocycles. The molecule has 2 rings (SSSR count). The second kappa shape index (κ2) is 6.25. The van der Waals surface area contributed by atoms with E-state index in [-0.39, 0.29) is 12.5 Å². The monoisotopic (exact) mass is 274 g/mol. The second-order valence-electron chi connectivity index (χ2n) is 4.62. The molecule has 0 aliphatic heterocycles. The van der Waals surface area contributed by atoms with Gasteiger partial charge in [-0.3, -0.25) is 4.79 Å². The predicted octanol–water partition coefficient (Wildman–Crippen LogP) is 2.09. The molecule has 0 saturated heterocycles. The van der Waals surface area contributed by atoms with Crippen LogP contribution in [0.15, 0.2) is 40.8 Å². The van der Waals surface area contributed by atoms with Crippen molar-refractivity contribution < 1.29 is 14.3 Å². The first-order valence-corrected chi connectivity index (χ1v) is 6.35. The van der Waals surface area contributed by atoms with Crippen LogP contribution in [0.2, 0.25) is 0 Å². The molecular formula is C15H18N2O3. The molecule has 1 aromatic carbocycles. The average molecular weight is 274 g/mol. The fourth-order valence-electron chi connectivity index (χ4n) is 1.85. The summed E-state index contributed by atoms with van der Waals surface area (Å²) in [4.78, 5) is 13.6. The van der Waals surface area contributed by atoms with Crippen molar-refractivity contribution in [2.24, 2.45) is 0 Å². The number of nitrogens with zero attached hydrogens (tertiary/aromatic N) is 1. The molecule has 5 heteroatoms. The average Bonchev–Trinajstić information content (AvgIpc) is 2.92. The Hall–Kier alpha value is -2.27. The van der Waals surface area contributed by atoms with Crippen LogP contribution in [-0.4, -0.2) is 30.0 Å². The normalized spacial score (nSPS) is 10.3. The summed E-state index contributed by atoms with van der Waals surface area (Å²) in [6.45, 7) is 0.341. The molecule has 5 nitrogen and oxygen atoms in total. The number of benzene rings is 1. The fraction of sp³-hybridized carbons (Fsp3) is 0.267. The third-order valence-electron chi connectivity index (χ3n) is 2.89. The van der Waals surface area contributed by atoms with Crippen LogP contribution in [0, 0.1) is 0 Å². The van der Waals surface area contributed by atoms with Gasteiger partial charge in [-0.25, -0.2) is 0 Å². The van der Waals surface area contributed by atoms with E-state index in [1.807, 2.05) is 18.2 Å². The Kier molecular flexibility index (Phi) is 4.42. The minimum Gasteiger partial charge on any atom is -0.462 e. The maximum Gasteiger partial charge on any atom is 0.255 e. The van der Waals surface area contributed by atoms with Crippen LogP contribution in [0.1, 0.15) is 21.9 Å². The van der Waals surface area contributed by atoms with Crippen LogP contribution in [-0.2, 0) is 13.2 Å². The number of anilines is 1. The number of furan rings is 1. The van der Waals surface area contributed by atoms with Crippen molar-refractivity contribution in [1.82, 2.24) is 4.90 Å². The Bertz CT molecular complexity index is 590. The Morgan fingerprint density at radius 2 is 1.90 bits per heavy atom. The summed E-state index contributed by atoms with van der Waals surface area (Å²) in [5.41, 5.74) is 1.37. The smallest absolute Gasteiger partial charge is 0.255 e. The number of nitrogens with one attached hydrogen (secondary N) is 1. The summed E-state index contributed by atoms with van der Waals surface area (Å²) >= 11 is 0. The first-order valence-electron chi connectivity index (χ1n) is 6.35. The van der Waals surface area contributed by atoms with Crippen LogP contribution in [0.25, 0.3) is 0 Å². The van der Waals surface area contributed by atoms with Gasteiger partial charge in [0.25, 0.3) is 5.91 Å². The van der Waals surface area contributed by atoms with E-state index >= 15 is 0 Å². The van der Waals surface area contributed by atoms with Gasteiger partial charge in [0.1, 0.15) is 18.1 Å². The summed E-state index contributed by atoms with van der Waals surface area (Å²) in [5, 5.41) is 12.1. The van der Waals surface area contributed by atoms with Crippen LogP contribution >= 0.6 is 0 Å². The molecule has 2 aromatic rings. The number of carbonyl (C=O) groups excluding carboxylic acids is 1. The van der Waals surface area contributed by atoms with E-state index in [2.05, 4.69) is 5.32 Å². The standard InChI is InChI=1S/C15H18N2O3/c1-17(2)15(19)13-5-3-4-6-14(13)16-9-11-7-8-12(10-18)20-11/h3-8,16,18H,9-10H2,1-2H3. The number of rotatable bonds is 5. The maximum absolute atomic E-state index is 12.1. The lowest BCUT2D eigenvalue weighted by Gasteiger charge is -2.14. The van der Waals surface area contributed by atoms with Gasteiger partial charge in [0.05, 0.1) is 12.1 Å². The second-order valence-corrected chi connectivity index (χ2v) is 4.62. The number of amides is 1. The first kappa shape index (κ1) is 14.1. The maximum atomic E-state index is 12.1. The minimum atomic E-state index is -0.115. The highest BCUT2D eigenvalue weighted by Crippen LogP contribution is 2.18. The topological polar surface area (TPSA) is 65.7 Å². The summed E-state index contributed by atoms with van der Waals surface area (Å²) < 4.78 is 5.39. The van der Waals surface area contributed by atoms with Crippen molar-refractivity contribution in [2.45, 2.75) is 13.2 Å². The Labute approximate surface area is 117 Å². The number of hydrogen-bond acceptors (Lipinski definition) is 4. The van der Waals surface area contributed by atoms with Crippen molar-refractivity contribution in [3.8, 4) is 0 Å². The van der Waals surface area contributed by atoms with Crippen molar-refractivity contribution in [1.29, 1.82) is 0 Å². The molecule has 0 aliphatic rings. The van der Waals surface area contributed by atoms with E-state index in [1.165, 1.54) is 4.90 Å². The zero-order chi connectivity index (χ0) is 14.5. The van der Waals surface area contributed by atoms with E-state index < -0.39 is 0 Å². The van der Waals surface area contributed by atoms with Crippen molar-refractivity contribution in [2.75, 3.05) is 19.4 Å². The molecule has 0 unspecified atom stereocenters. The molecule has 0 saturated carbocycles. The van der Waals surface area contributed by atoms with Gasteiger partial charge in [-0.1, -0.05) is 12.1 Å². The Morgan fingerprint density at radius 1 is 1.20 bits per heavy atom. The van der Waals surface area contributed by atoms with Gasteiger partial charge in [0.15, 0.2) is 0 Å². The summed E-state index contributed by atoms with van der Waals surface area (Å²) in [7, 11) is 3.44. The van der Waals surface area contributed by atoms with Crippen molar-refractivity contribution in [3.05, 3.63) is 53.5 Å². The SMILES string of the molecule is CN(C)C(=O)c1ccccc1NCc1ccc(CO)o1. The van der Waals surface area contributed by atoms with Crippen molar-refractivity contribution >= 4 is 11.6 Å². The lowest BCUT2D eigenvalue weighted by atomic mass is 10.1. The van der Waals surface area contributed by atoms with E-state index in [0.29, 0.717) is 23.6 Å². The van der Waals surface area contributed by atoms with E-state index in [1.54, 1.807) is 32.3 Å². The molecule has 0 aliphatic carbocycles. The number of aliphatic hydroxyl groups excluding tert-OH is 1. The molecule has 20 heavy (non-hydrogen) atoms. The Balaban J connectivity index is 2.11. The van der Waals surface area contributed by atoms with Crippen LogP contribution in [0.3, 0.4) is 0 Å². The molecule has 0 spiro atoms. The number of aliphatic hydroxyl groups is 1. The first-order chi connectivity index (χ1) is 9.61. The Morgan fingerprint density at radius 3 is 2.55 bits per heavy atom. The van der Waals surface area contributed by atoms with Gasteiger partial charge in [-0.15, -0.1) is 0 Å². The minimum absolute atomic E-state index is 0.0522. The molecular weight excluding hydrogens is 256 g/mol. The van der Waals surface area contributed by atoms with Gasteiger partial charge in [0.2, 0.25) is 0 Å². The lowest BCUT2D eigenvalue weighted by molar-refractivity contribution is 0.0828. The van der Waals surface area contributed by atoms with Gasteiger partial charge in [-0.05, 0) is 24.3 Å². The van der Waals surface area contributed by atoms with E-state index in [4.69, 9.17) is 9.52 Å². The fourth-order valence-corrected chi connectivity index (χ4v) is 1.85. The van der Waals surface area contributed by atoms with Crippen LogP contribution in [0.5, 0.6) is 0 Å². The zero-order valence-electron chi connectivity index (χ0n) is 11.6. The number of carbonyl (C=O) groups is 1. The van der Waals surface area contributed by atoms with Crippen molar-refractivity contribution in [3.63, 3.8) is 0 Å². The van der Waals surface area contributed by atoms with E-state index in [0.717, 1.165) is 5.69 Å². The van der Waals surface area contributed by atoms with Gasteiger partial charge >= 0.3 is 0 Å². The summed E-state index contributed by atoms with van der Waals surface area (Å²) in [6.07, 6.45) is 0. The summed E-state index contributed by atoms with van der Waals surface area (Å²) in [5.74, 6) is 1.18. The molecule has 0 bridgehead atoms. The highest BCUT2D eigenvalue weighted by Gasteiger charge is 2.12. The molecule has 106 valence electrons. The molecule has 0 radical (unpaired) electrons. The van der Waals surface area contributed by atoms with Gasteiger partial charge < -0.3 is 19.7 Å². The molecule has 1 heterocycles. The quantitative estimate of drug-likeness (QED) is 0.876. The molecule has 0 fully saturated rings. The van der Waals surface area contributed by atoms with Crippen LogP contribution in [0.4, 0.5) is 5.69 Å². The van der Waals surface area contributed by atoms with E-state index in [9.17, 15) is 4.79 Å². The highest BCUT2D eigenvalue weighted by atomic mass is 16.4. The number of hydrogen-bond donors (Lipinski definition) is 2.